The molecule has 0 aliphatic carbocycles. The Balaban J connectivity index is 2.33. The average Bonchev–Trinajstić information content (AvgIpc) is 2.77. The average molecular weight is 368 g/mol. The summed E-state index contributed by atoms with van der Waals surface area (Å²) >= 11 is 9.41. The highest BCUT2D eigenvalue weighted by Crippen LogP contribution is 2.30. The lowest BCUT2D eigenvalue weighted by Crippen LogP contribution is -2.15. The highest BCUT2D eigenvalue weighted by Gasteiger charge is 2.14. The van der Waals surface area contributed by atoms with Crippen molar-refractivity contribution in [2.75, 3.05) is 0 Å². The van der Waals surface area contributed by atoms with Crippen molar-refractivity contribution in [1.29, 1.82) is 0 Å². The van der Waals surface area contributed by atoms with Crippen LogP contribution in [-0.4, -0.2) is 20.6 Å². The smallest absolute Gasteiger partial charge is 0.335 e. The molecule has 0 aliphatic rings. The number of H-pyrrole nitrogens is 1. The van der Waals surface area contributed by atoms with Crippen molar-refractivity contribution in [3.63, 3.8) is 0 Å². The number of hydrogen-bond acceptors (Lipinski definition) is 2. The van der Waals surface area contributed by atoms with Crippen LogP contribution in [0.2, 0.25) is 5.02 Å². The Kier molecular flexibility index (Phi) is 3.35. The zero-order valence-electron chi connectivity index (χ0n) is 10.4. The molecule has 3 rings (SSSR count). The van der Waals surface area contributed by atoms with Crippen LogP contribution in [0.15, 0.2) is 45.7 Å². The van der Waals surface area contributed by atoms with Crippen LogP contribution in [0.25, 0.3) is 16.7 Å². The Morgan fingerprint density at radius 3 is 2.76 bits per heavy atom. The van der Waals surface area contributed by atoms with Crippen molar-refractivity contribution in [3.05, 3.63) is 61.9 Å². The molecule has 0 saturated heterocycles. The predicted octanol–water partition coefficient (Wildman–Crippen LogP) is 3.43. The number of carbonyl (C=O) groups is 1. The monoisotopic (exact) mass is 366 g/mol. The van der Waals surface area contributed by atoms with Crippen LogP contribution in [0, 0.1) is 0 Å². The van der Waals surface area contributed by atoms with Crippen molar-refractivity contribution < 1.29 is 9.90 Å². The summed E-state index contributed by atoms with van der Waals surface area (Å²) in [6, 6.07) is 9.65. The van der Waals surface area contributed by atoms with Gasteiger partial charge in [0.2, 0.25) is 0 Å². The molecule has 2 N–H and O–H groups in total. The van der Waals surface area contributed by atoms with E-state index in [1.807, 2.05) is 0 Å². The molecular weight excluding hydrogens is 360 g/mol. The Hall–Kier alpha value is -2.05. The molecule has 1 heterocycles. The maximum Gasteiger partial charge on any atom is 0.335 e. The van der Waals surface area contributed by atoms with E-state index in [0.29, 0.717) is 26.2 Å². The lowest BCUT2D eigenvalue weighted by atomic mass is 10.2. The number of nitrogens with zero attached hydrogens (tertiary/aromatic N) is 1. The van der Waals surface area contributed by atoms with Crippen molar-refractivity contribution in [3.8, 4) is 5.69 Å². The minimum absolute atomic E-state index is 0.112. The molecule has 7 heteroatoms. The van der Waals surface area contributed by atoms with Gasteiger partial charge in [0.15, 0.2) is 0 Å². The molecule has 0 amide bonds. The Morgan fingerprint density at radius 1 is 1.29 bits per heavy atom. The van der Waals surface area contributed by atoms with E-state index in [1.54, 1.807) is 24.3 Å². The third kappa shape index (κ3) is 2.26. The van der Waals surface area contributed by atoms with Gasteiger partial charge in [-0.1, -0.05) is 17.7 Å². The molecule has 0 atom stereocenters. The van der Waals surface area contributed by atoms with Crippen molar-refractivity contribution in [2.45, 2.75) is 0 Å². The summed E-state index contributed by atoms with van der Waals surface area (Å²) in [7, 11) is 0. The molecule has 106 valence electrons. The molecule has 2 aromatic carbocycles. The second-order valence-electron chi connectivity index (χ2n) is 4.38. The normalized spacial score (nSPS) is 11.0. The molecule has 0 radical (unpaired) electrons. The van der Waals surface area contributed by atoms with Crippen molar-refractivity contribution in [1.82, 2.24) is 9.55 Å². The van der Waals surface area contributed by atoms with E-state index in [-0.39, 0.29) is 11.3 Å². The van der Waals surface area contributed by atoms with E-state index in [4.69, 9.17) is 16.7 Å². The van der Waals surface area contributed by atoms with Crippen LogP contribution in [0.1, 0.15) is 10.4 Å². The molecule has 0 bridgehead atoms. The third-order valence-electron chi connectivity index (χ3n) is 3.10. The van der Waals surface area contributed by atoms with Gasteiger partial charge in [0.1, 0.15) is 0 Å². The van der Waals surface area contributed by atoms with E-state index in [0.717, 1.165) is 0 Å². The minimum Gasteiger partial charge on any atom is -0.478 e. The SMILES string of the molecule is O=C(O)c1ccc2c(c1)[nH]c(=O)n2-c1cccc(Cl)c1Br. The Labute approximate surface area is 131 Å². The summed E-state index contributed by atoms with van der Waals surface area (Å²) in [5.74, 6) is -1.05. The van der Waals surface area contributed by atoms with Crippen molar-refractivity contribution >= 4 is 44.5 Å². The first-order valence-corrected chi connectivity index (χ1v) is 7.08. The number of hydrogen-bond donors (Lipinski definition) is 2. The number of nitrogens with one attached hydrogen (secondary N) is 1. The van der Waals surface area contributed by atoms with Gasteiger partial charge in [-0.3, -0.25) is 4.57 Å². The second kappa shape index (κ2) is 5.05. The largest absolute Gasteiger partial charge is 0.478 e. The molecule has 0 aliphatic heterocycles. The molecule has 0 saturated carbocycles. The Bertz CT molecular complexity index is 930. The van der Waals surface area contributed by atoms with Crippen LogP contribution < -0.4 is 5.69 Å². The Morgan fingerprint density at radius 2 is 2.05 bits per heavy atom. The first kappa shape index (κ1) is 13.9. The molecule has 0 fully saturated rings. The minimum atomic E-state index is -1.05. The number of rotatable bonds is 2. The highest BCUT2D eigenvalue weighted by molar-refractivity contribution is 9.10. The van der Waals surface area contributed by atoms with Gasteiger partial charge in [0.05, 0.1) is 31.8 Å². The zero-order valence-corrected chi connectivity index (χ0v) is 12.8. The summed E-state index contributed by atoms with van der Waals surface area (Å²) in [5.41, 5.74) is 1.36. The summed E-state index contributed by atoms with van der Waals surface area (Å²) in [4.78, 5) is 25.8. The number of benzene rings is 2. The molecular formula is C14H8BrClN2O3. The summed E-state index contributed by atoms with van der Waals surface area (Å²) in [6.45, 7) is 0. The molecule has 0 spiro atoms. The highest BCUT2D eigenvalue weighted by atomic mass is 79.9. The number of aromatic carboxylic acids is 1. The molecule has 21 heavy (non-hydrogen) atoms. The summed E-state index contributed by atoms with van der Waals surface area (Å²) < 4.78 is 2.04. The van der Waals surface area contributed by atoms with Gasteiger partial charge in [-0.15, -0.1) is 0 Å². The van der Waals surface area contributed by atoms with Gasteiger partial charge < -0.3 is 10.1 Å². The fourth-order valence-electron chi connectivity index (χ4n) is 2.15. The van der Waals surface area contributed by atoms with Crippen LogP contribution in [0.5, 0.6) is 0 Å². The van der Waals surface area contributed by atoms with Gasteiger partial charge in [-0.05, 0) is 46.3 Å². The van der Waals surface area contributed by atoms with Crippen LogP contribution in [-0.2, 0) is 0 Å². The molecule has 1 aromatic heterocycles. The maximum absolute atomic E-state index is 12.2. The van der Waals surface area contributed by atoms with Crippen LogP contribution in [0.3, 0.4) is 0 Å². The number of imidazole rings is 1. The van der Waals surface area contributed by atoms with Gasteiger partial charge >= 0.3 is 11.7 Å². The number of aromatic amines is 1. The summed E-state index contributed by atoms with van der Waals surface area (Å²) in [6.07, 6.45) is 0. The number of halogens is 2. The number of carboxylic acid groups (broad SMARTS) is 1. The number of aromatic nitrogens is 2. The third-order valence-corrected chi connectivity index (χ3v) is 4.48. The van der Waals surface area contributed by atoms with E-state index in [2.05, 4.69) is 20.9 Å². The maximum atomic E-state index is 12.2. The number of carboxylic acids is 1. The lowest BCUT2D eigenvalue weighted by Gasteiger charge is -2.07. The zero-order chi connectivity index (χ0) is 15.1. The first-order valence-electron chi connectivity index (χ1n) is 5.91. The van der Waals surface area contributed by atoms with Gasteiger partial charge in [-0.25, -0.2) is 9.59 Å². The first-order chi connectivity index (χ1) is 9.99. The van der Waals surface area contributed by atoms with E-state index < -0.39 is 5.97 Å². The van der Waals surface area contributed by atoms with E-state index >= 15 is 0 Å². The van der Waals surface area contributed by atoms with Gasteiger partial charge in [-0.2, -0.15) is 0 Å². The van der Waals surface area contributed by atoms with Crippen LogP contribution >= 0.6 is 27.5 Å². The molecule has 0 unspecified atom stereocenters. The fraction of sp³-hybridized carbons (Fsp3) is 0. The van der Waals surface area contributed by atoms with Gasteiger partial charge in [0.25, 0.3) is 0 Å². The fourth-order valence-corrected chi connectivity index (χ4v) is 2.76. The molecule has 3 aromatic rings. The van der Waals surface area contributed by atoms with Crippen molar-refractivity contribution in [2.24, 2.45) is 0 Å². The van der Waals surface area contributed by atoms with Gasteiger partial charge in [0, 0.05) is 0 Å². The molecule has 5 nitrogen and oxygen atoms in total. The standard InChI is InChI=1S/C14H8BrClN2O3/c15-12-8(16)2-1-3-11(12)18-10-5-4-7(13(19)20)6-9(10)17-14(18)21/h1-6H,(H,17,21)(H,19,20). The summed E-state index contributed by atoms with van der Waals surface area (Å²) in [5, 5.41) is 9.48. The predicted molar refractivity (Wildman–Crippen MR) is 83.6 cm³/mol. The van der Waals surface area contributed by atoms with E-state index in [1.165, 1.54) is 16.7 Å². The lowest BCUT2D eigenvalue weighted by molar-refractivity contribution is 0.0697. The van der Waals surface area contributed by atoms with E-state index in [9.17, 15) is 9.59 Å². The topological polar surface area (TPSA) is 75.1 Å². The van der Waals surface area contributed by atoms with Crippen LogP contribution in [0.4, 0.5) is 0 Å². The number of fused-ring (bicyclic) bond motifs is 1. The quantitative estimate of drug-likeness (QED) is 0.728. The second-order valence-corrected chi connectivity index (χ2v) is 5.58.